The first kappa shape index (κ1) is 17.4. The van der Waals surface area contributed by atoms with Gasteiger partial charge in [-0.05, 0) is 17.1 Å². The predicted octanol–water partition coefficient (Wildman–Crippen LogP) is -1.69. The van der Waals surface area contributed by atoms with Gasteiger partial charge < -0.3 is 10.0 Å². The van der Waals surface area contributed by atoms with Crippen molar-refractivity contribution in [2.24, 2.45) is 0 Å². The molecule has 6 nitrogen and oxygen atoms in total. The van der Waals surface area contributed by atoms with Crippen LogP contribution in [0, 0.1) is 10.1 Å². The number of nitro groups is 1. The van der Waals surface area contributed by atoms with Gasteiger partial charge in [-0.1, -0.05) is 11.6 Å². The average molecular weight is 261 g/mol. The zero-order chi connectivity index (χ0) is 10.0. The molecular weight excluding hydrogens is 257 g/mol. The van der Waals surface area contributed by atoms with E-state index in [1.54, 1.807) is 0 Å². The molecule has 0 spiro atoms. The van der Waals surface area contributed by atoms with E-state index in [4.69, 9.17) is 11.6 Å². The van der Waals surface area contributed by atoms with Crippen molar-refractivity contribution in [3.63, 3.8) is 0 Å². The number of benzene rings is 1. The SMILES string of the molecule is O=[N+]([O-])c1ccc(Cl)c(S(=O)[O-])c1.[Na+].[OH-]. The van der Waals surface area contributed by atoms with Crippen LogP contribution in [0.5, 0.6) is 0 Å². The van der Waals surface area contributed by atoms with Gasteiger partial charge in [0.2, 0.25) is 0 Å². The van der Waals surface area contributed by atoms with E-state index in [1.807, 2.05) is 0 Å². The Bertz CT molecular complexity index is 388. The molecule has 0 bridgehead atoms. The first-order valence-corrected chi connectivity index (χ1v) is 4.51. The molecule has 1 N–H and O–H groups in total. The molecular formula is C6H4ClNNaO5S-. The normalized spacial score (nSPS) is 10.8. The first-order valence-electron chi connectivity index (χ1n) is 3.05. The van der Waals surface area contributed by atoms with Crippen LogP contribution < -0.4 is 29.6 Å². The Labute approximate surface area is 115 Å². The Balaban J connectivity index is 0. The van der Waals surface area contributed by atoms with Crippen molar-refractivity contribution in [3.05, 3.63) is 33.3 Å². The molecule has 1 unspecified atom stereocenters. The molecule has 1 aromatic carbocycles. The summed E-state index contributed by atoms with van der Waals surface area (Å²) < 4.78 is 21.0. The van der Waals surface area contributed by atoms with Crippen LogP contribution in [0.1, 0.15) is 0 Å². The first-order chi connectivity index (χ1) is 6.02. The third kappa shape index (κ3) is 4.56. The third-order valence-corrected chi connectivity index (χ3v) is 2.44. The summed E-state index contributed by atoms with van der Waals surface area (Å²) in [5, 5.41) is 10.2. The maximum Gasteiger partial charge on any atom is 1.00 e. The van der Waals surface area contributed by atoms with Crippen LogP contribution in [0.4, 0.5) is 5.69 Å². The fourth-order valence-corrected chi connectivity index (χ4v) is 1.48. The Morgan fingerprint density at radius 3 is 2.33 bits per heavy atom. The molecule has 0 aliphatic carbocycles. The van der Waals surface area contributed by atoms with E-state index < -0.39 is 16.0 Å². The van der Waals surface area contributed by atoms with Gasteiger partial charge in [0.25, 0.3) is 5.69 Å². The Kier molecular flexibility index (Phi) is 8.44. The summed E-state index contributed by atoms with van der Waals surface area (Å²) in [7, 11) is 0. The van der Waals surface area contributed by atoms with Crippen LogP contribution in [0.15, 0.2) is 23.1 Å². The van der Waals surface area contributed by atoms with Crippen molar-refractivity contribution < 1.29 is 48.7 Å². The van der Waals surface area contributed by atoms with Gasteiger partial charge in [-0.25, -0.2) is 0 Å². The topological polar surface area (TPSA) is 113 Å². The van der Waals surface area contributed by atoms with Crippen molar-refractivity contribution in [2.45, 2.75) is 4.90 Å². The van der Waals surface area contributed by atoms with Crippen LogP contribution in [0.3, 0.4) is 0 Å². The van der Waals surface area contributed by atoms with Gasteiger partial charge in [0, 0.05) is 12.1 Å². The van der Waals surface area contributed by atoms with Gasteiger partial charge in [0.1, 0.15) is 0 Å². The van der Waals surface area contributed by atoms with Crippen LogP contribution in [0.25, 0.3) is 0 Å². The number of rotatable bonds is 2. The second kappa shape index (κ2) is 7.29. The number of halogens is 1. The second-order valence-corrected chi connectivity index (χ2v) is 3.42. The van der Waals surface area contributed by atoms with Crippen molar-refractivity contribution in [3.8, 4) is 0 Å². The Morgan fingerprint density at radius 2 is 1.93 bits per heavy atom. The molecule has 9 heteroatoms. The van der Waals surface area contributed by atoms with E-state index in [0.717, 1.165) is 12.1 Å². The summed E-state index contributed by atoms with van der Waals surface area (Å²) >= 11 is 2.93. The number of nitro benzene ring substituents is 1. The Hall–Kier alpha value is -0.0200. The molecule has 1 aromatic rings. The van der Waals surface area contributed by atoms with Crippen LogP contribution >= 0.6 is 11.6 Å². The monoisotopic (exact) mass is 260 g/mol. The second-order valence-electron chi connectivity index (χ2n) is 2.11. The molecule has 0 radical (unpaired) electrons. The van der Waals surface area contributed by atoms with E-state index in [1.165, 1.54) is 6.07 Å². The molecule has 15 heavy (non-hydrogen) atoms. The number of non-ortho nitro benzene ring substituents is 1. The minimum atomic E-state index is -2.55. The van der Waals surface area contributed by atoms with E-state index in [9.17, 15) is 18.9 Å². The van der Waals surface area contributed by atoms with E-state index in [-0.39, 0.29) is 50.6 Å². The molecule has 0 amide bonds. The maximum absolute atomic E-state index is 10.5. The number of nitrogens with zero attached hydrogens (tertiary/aromatic N) is 1. The number of hydrogen-bond acceptors (Lipinski definition) is 5. The summed E-state index contributed by atoms with van der Waals surface area (Å²) in [6, 6.07) is 3.22. The van der Waals surface area contributed by atoms with Gasteiger partial charge >= 0.3 is 29.6 Å². The number of hydrogen-bond donors (Lipinski definition) is 0. The zero-order valence-corrected chi connectivity index (χ0v) is 11.1. The smallest absolute Gasteiger partial charge is 0.870 e. The minimum Gasteiger partial charge on any atom is -0.870 e. The molecule has 1 rings (SSSR count). The van der Waals surface area contributed by atoms with Gasteiger partial charge in [0.15, 0.2) is 0 Å². The molecule has 0 aromatic heterocycles. The molecule has 0 aliphatic heterocycles. The molecule has 0 saturated carbocycles. The van der Waals surface area contributed by atoms with E-state index in [0.29, 0.717) is 0 Å². The zero-order valence-electron chi connectivity index (χ0n) is 7.55. The average Bonchev–Trinajstić information content (AvgIpc) is 2.04. The summed E-state index contributed by atoms with van der Waals surface area (Å²) in [5.41, 5.74) is -0.302. The summed E-state index contributed by atoms with van der Waals surface area (Å²) in [5.74, 6) is 0. The van der Waals surface area contributed by atoms with Crippen molar-refractivity contribution in [1.29, 1.82) is 0 Å². The Morgan fingerprint density at radius 1 is 1.40 bits per heavy atom. The summed E-state index contributed by atoms with van der Waals surface area (Å²) in [6.07, 6.45) is 0. The molecule has 0 aliphatic rings. The fraction of sp³-hybridized carbons (Fsp3) is 0. The fourth-order valence-electron chi connectivity index (χ4n) is 0.733. The standard InChI is InChI=1S/C6H4ClNO4S.Na.H2O/c7-5-2-1-4(8(9)10)3-6(5)13(11)12;;/h1-3H,(H,11,12);;1H2/q;+1;/p-2. The van der Waals surface area contributed by atoms with Gasteiger partial charge in [0.05, 0.1) is 14.8 Å². The van der Waals surface area contributed by atoms with E-state index in [2.05, 4.69) is 0 Å². The third-order valence-electron chi connectivity index (χ3n) is 1.31. The van der Waals surface area contributed by atoms with E-state index >= 15 is 0 Å². The van der Waals surface area contributed by atoms with Crippen molar-refractivity contribution >= 4 is 28.4 Å². The van der Waals surface area contributed by atoms with Gasteiger partial charge in [-0.15, -0.1) is 0 Å². The molecule has 1 atom stereocenters. The van der Waals surface area contributed by atoms with Gasteiger partial charge in [-0.3, -0.25) is 14.3 Å². The molecule has 0 saturated heterocycles. The minimum absolute atomic E-state index is 0. The predicted molar refractivity (Wildman–Crippen MR) is 47.2 cm³/mol. The van der Waals surface area contributed by atoms with Crippen molar-refractivity contribution in [2.75, 3.05) is 0 Å². The molecule has 0 heterocycles. The van der Waals surface area contributed by atoms with Crippen LogP contribution in [-0.2, 0) is 11.1 Å². The van der Waals surface area contributed by atoms with Crippen molar-refractivity contribution in [1.82, 2.24) is 0 Å². The summed E-state index contributed by atoms with van der Waals surface area (Å²) in [4.78, 5) is 9.29. The maximum atomic E-state index is 10.5. The molecule has 0 fully saturated rings. The van der Waals surface area contributed by atoms with Crippen LogP contribution in [0.2, 0.25) is 5.02 Å². The van der Waals surface area contributed by atoms with Crippen LogP contribution in [-0.4, -0.2) is 19.2 Å². The van der Waals surface area contributed by atoms with Gasteiger partial charge in [-0.2, -0.15) is 0 Å². The summed E-state index contributed by atoms with van der Waals surface area (Å²) in [6.45, 7) is 0. The molecule has 78 valence electrons. The quantitative estimate of drug-likeness (QED) is 0.272. The largest absolute Gasteiger partial charge is 1.00 e.